The summed E-state index contributed by atoms with van der Waals surface area (Å²) < 4.78 is 1.68. The molecule has 0 saturated carbocycles. The third-order valence-corrected chi connectivity index (χ3v) is 7.68. The molecule has 3 aromatic rings. The molecule has 2 aromatic heterocycles. The van der Waals surface area contributed by atoms with Gasteiger partial charge in [-0.05, 0) is 61.9 Å². The largest absolute Gasteiger partial charge is 0.293 e. The number of rotatable bonds is 6. The minimum atomic E-state index is -0.0211. The predicted molar refractivity (Wildman–Crippen MR) is 126 cm³/mol. The molecule has 156 valence electrons. The molecule has 0 saturated heterocycles. The lowest BCUT2D eigenvalue weighted by molar-refractivity contribution is 0.102. The van der Waals surface area contributed by atoms with E-state index in [-0.39, 0.29) is 17.1 Å². The third kappa shape index (κ3) is 4.27. The van der Waals surface area contributed by atoms with Crippen molar-refractivity contribution in [2.75, 3.05) is 5.75 Å². The molecule has 0 amide bonds. The van der Waals surface area contributed by atoms with Crippen molar-refractivity contribution in [3.05, 3.63) is 67.8 Å². The molecule has 4 rings (SSSR count). The van der Waals surface area contributed by atoms with Gasteiger partial charge in [0.05, 0.1) is 11.1 Å². The molecule has 0 spiro atoms. The maximum absolute atomic E-state index is 13.4. The summed E-state index contributed by atoms with van der Waals surface area (Å²) in [6, 6.07) is 6.85. The molecule has 1 atom stereocenters. The van der Waals surface area contributed by atoms with Crippen molar-refractivity contribution in [1.82, 2.24) is 9.55 Å². The van der Waals surface area contributed by atoms with E-state index in [4.69, 9.17) is 16.6 Å². The summed E-state index contributed by atoms with van der Waals surface area (Å²) >= 11 is 8.85. The highest BCUT2D eigenvalue weighted by Crippen LogP contribution is 2.36. The molecule has 0 unspecified atom stereocenters. The van der Waals surface area contributed by atoms with E-state index in [0.29, 0.717) is 28.2 Å². The van der Waals surface area contributed by atoms with Crippen LogP contribution in [0.3, 0.4) is 0 Å². The van der Waals surface area contributed by atoms with Crippen molar-refractivity contribution in [3.63, 3.8) is 0 Å². The molecular weight excluding hydrogens is 436 g/mol. The summed E-state index contributed by atoms with van der Waals surface area (Å²) in [5.41, 5.74) is 2.63. The van der Waals surface area contributed by atoms with E-state index in [9.17, 15) is 9.59 Å². The summed E-state index contributed by atoms with van der Waals surface area (Å²) in [5.74, 6) is 0.818. The second-order valence-electron chi connectivity index (χ2n) is 7.99. The van der Waals surface area contributed by atoms with Crippen LogP contribution in [-0.4, -0.2) is 21.1 Å². The Hall–Kier alpha value is -1.89. The Balaban J connectivity index is 1.71. The standard InChI is InChI=1S/C23H23ClN2O2S2/c1-13(2)11-26-22(28)20-17-9-4-14(3)10-19(17)30-21(20)25-23(26)29-12-18(27)15-5-7-16(24)8-6-15/h5-8,14H,1,4,9-12H2,2-3H3/t14-/m0/s1. The molecule has 0 aliphatic heterocycles. The van der Waals surface area contributed by atoms with Crippen LogP contribution in [0.15, 0.2) is 46.4 Å². The van der Waals surface area contributed by atoms with Crippen molar-refractivity contribution in [3.8, 4) is 0 Å². The van der Waals surface area contributed by atoms with Crippen LogP contribution in [0.4, 0.5) is 0 Å². The Labute approximate surface area is 189 Å². The average Bonchev–Trinajstić information content (AvgIpc) is 3.06. The molecule has 1 aromatic carbocycles. The van der Waals surface area contributed by atoms with Crippen molar-refractivity contribution < 1.29 is 4.79 Å². The summed E-state index contributed by atoms with van der Waals surface area (Å²) in [7, 11) is 0. The lowest BCUT2D eigenvalue weighted by Crippen LogP contribution is -2.25. The first-order valence-electron chi connectivity index (χ1n) is 9.94. The van der Waals surface area contributed by atoms with E-state index in [0.717, 1.165) is 35.1 Å². The van der Waals surface area contributed by atoms with Gasteiger partial charge in [-0.2, -0.15) is 0 Å². The lowest BCUT2D eigenvalue weighted by Gasteiger charge is -2.17. The highest BCUT2D eigenvalue weighted by molar-refractivity contribution is 7.99. The zero-order valence-electron chi connectivity index (χ0n) is 17.0. The van der Waals surface area contributed by atoms with Gasteiger partial charge < -0.3 is 0 Å². The number of carbonyl (C=O) groups excluding carboxylic acids is 1. The zero-order chi connectivity index (χ0) is 21.4. The lowest BCUT2D eigenvalue weighted by atomic mass is 9.89. The first-order valence-corrected chi connectivity index (χ1v) is 12.1. The number of hydrogen-bond acceptors (Lipinski definition) is 5. The van der Waals surface area contributed by atoms with Gasteiger partial charge in [-0.3, -0.25) is 14.2 Å². The fourth-order valence-electron chi connectivity index (χ4n) is 3.77. The number of fused-ring (bicyclic) bond motifs is 3. The van der Waals surface area contributed by atoms with Crippen LogP contribution < -0.4 is 5.56 Å². The first kappa shape index (κ1) is 21.3. The molecule has 0 bridgehead atoms. The van der Waals surface area contributed by atoms with Crippen molar-refractivity contribution in [2.45, 2.75) is 44.8 Å². The van der Waals surface area contributed by atoms with Crippen LogP contribution in [0, 0.1) is 5.92 Å². The van der Waals surface area contributed by atoms with Gasteiger partial charge in [0, 0.05) is 22.0 Å². The third-order valence-electron chi connectivity index (χ3n) is 5.31. The second-order valence-corrected chi connectivity index (χ2v) is 10.5. The SMILES string of the molecule is C=C(C)Cn1c(SCC(=O)c2ccc(Cl)cc2)nc2sc3c(c2c1=O)CC[C@H](C)C3. The van der Waals surface area contributed by atoms with Crippen LogP contribution >= 0.6 is 34.7 Å². The van der Waals surface area contributed by atoms with Gasteiger partial charge in [0.1, 0.15) is 4.83 Å². The number of halogens is 1. The van der Waals surface area contributed by atoms with Crippen LogP contribution in [0.2, 0.25) is 5.02 Å². The van der Waals surface area contributed by atoms with Crippen molar-refractivity contribution in [1.29, 1.82) is 0 Å². The molecule has 4 nitrogen and oxygen atoms in total. The number of carbonyl (C=O) groups is 1. The number of benzene rings is 1. The van der Waals surface area contributed by atoms with Crippen molar-refractivity contribution in [2.24, 2.45) is 5.92 Å². The minimum Gasteiger partial charge on any atom is -0.293 e. The van der Waals surface area contributed by atoms with E-state index in [1.54, 1.807) is 40.2 Å². The summed E-state index contributed by atoms with van der Waals surface area (Å²) in [6.45, 7) is 8.53. The maximum atomic E-state index is 13.4. The van der Waals surface area contributed by atoms with Gasteiger partial charge in [0.25, 0.3) is 5.56 Å². The molecule has 0 radical (unpaired) electrons. The summed E-state index contributed by atoms with van der Waals surface area (Å²) in [5, 5.41) is 1.93. The molecule has 1 aliphatic carbocycles. The van der Waals surface area contributed by atoms with E-state index < -0.39 is 0 Å². The Morgan fingerprint density at radius 2 is 2.10 bits per heavy atom. The number of nitrogens with zero attached hydrogens (tertiary/aromatic N) is 2. The number of thiophene rings is 1. The maximum Gasteiger partial charge on any atom is 0.263 e. The monoisotopic (exact) mass is 458 g/mol. The van der Waals surface area contributed by atoms with Crippen LogP contribution in [-0.2, 0) is 19.4 Å². The average molecular weight is 459 g/mol. The fraction of sp³-hybridized carbons (Fsp3) is 0.348. The Bertz CT molecular complexity index is 1190. The van der Waals surface area contributed by atoms with Gasteiger partial charge in [0.15, 0.2) is 10.9 Å². The number of aromatic nitrogens is 2. The molecule has 7 heteroatoms. The van der Waals surface area contributed by atoms with E-state index in [2.05, 4.69) is 13.5 Å². The second kappa shape index (κ2) is 8.69. The van der Waals surface area contributed by atoms with E-state index in [1.807, 2.05) is 6.92 Å². The highest BCUT2D eigenvalue weighted by Gasteiger charge is 2.25. The van der Waals surface area contributed by atoms with Crippen LogP contribution in [0.25, 0.3) is 10.2 Å². The quantitative estimate of drug-likeness (QED) is 0.203. The van der Waals surface area contributed by atoms with Crippen LogP contribution in [0.5, 0.6) is 0 Å². The molecular formula is C23H23ClN2O2S2. The van der Waals surface area contributed by atoms with E-state index >= 15 is 0 Å². The molecule has 1 aliphatic rings. The van der Waals surface area contributed by atoms with Gasteiger partial charge in [-0.1, -0.05) is 42.4 Å². The number of hydrogen-bond donors (Lipinski definition) is 0. The fourth-order valence-corrected chi connectivity index (χ4v) is 6.22. The Morgan fingerprint density at radius 1 is 1.37 bits per heavy atom. The van der Waals surface area contributed by atoms with Crippen molar-refractivity contribution >= 4 is 50.7 Å². The normalized spacial score (nSPS) is 15.9. The number of allylic oxidation sites excluding steroid dienone is 1. The predicted octanol–water partition coefficient (Wildman–Crippen LogP) is 5.79. The number of ketones is 1. The first-order chi connectivity index (χ1) is 14.3. The molecule has 0 N–H and O–H groups in total. The zero-order valence-corrected chi connectivity index (χ0v) is 19.4. The topological polar surface area (TPSA) is 52.0 Å². The molecule has 2 heterocycles. The highest BCUT2D eigenvalue weighted by atomic mass is 35.5. The summed E-state index contributed by atoms with van der Waals surface area (Å²) in [6.07, 6.45) is 3.04. The van der Waals surface area contributed by atoms with Crippen LogP contribution in [0.1, 0.15) is 41.1 Å². The Morgan fingerprint density at radius 3 is 2.80 bits per heavy atom. The molecule has 30 heavy (non-hydrogen) atoms. The van der Waals surface area contributed by atoms with Gasteiger partial charge in [-0.25, -0.2) is 4.98 Å². The van der Waals surface area contributed by atoms with Gasteiger partial charge in [-0.15, -0.1) is 11.3 Å². The van der Waals surface area contributed by atoms with Gasteiger partial charge in [0.2, 0.25) is 0 Å². The minimum absolute atomic E-state index is 0.0171. The summed E-state index contributed by atoms with van der Waals surface area (Å²) in [4.78, 5) is 32.9. The number of thioether (sulfide) groups is 1. The number of aryl methyl sites for hydroxylation is 1. The molecule has 0 fully saturated rings. The van der Waals surface area contributed by atoms with Gasteiger partial charge >= 0.3 is 0 Å². The smallest absolute Gasteiger partial charge is 0.263 e. The Kier molecular flexibility index (Phi) is 6.19. The number of Topliss-reactive ketones (excluding diaryl/α,β-unsaturated/α-hetero) is 1. The van der Waals surface area contributed by atoms with E-state index in [1.165, 1.54) is 22.2 Å².